The quantitative estimate of drug-likeness (QED) is 0.430. The maximum atomic E-state index is 12.7. The molecule has 0 aliphatic rings. The number of hydrogen-bond acceptors (Lipinski definition) is 1. The summed E-state index contributed by atoms with van der Waals surface area (Å²) in [5.41, 5.74) is 0.514. The van der Waals surface area contributed by atoms with Gasteiger partial charge in [-0.05, 0) is 22.5 Å². The van der Waals surface area contributed by atoms with E-state index < -0.39 is 8.24 Å². The first-order chi connectivity index (χ1) is 12.1. The Labute approximate surface area is 149 Å². The fraction of sp³-hybridized carbons (Fsp3) is 0.0455. The average molecular weight is 344 g/mol. The maximum absolute atomic E-state index is 12.7. The van der Waals surface area contributed by atoms with E-state index in [2.05, 4.69) is 48.0 Å². The molecule has 3 aromatic rings. The summed E-state index contributed by atoms with van der Waals surface area (Å²) in [5, 5.41) is 3.42. The second kappa shape index (κ2) is 7.32. The maximum Gasteiger partial charge on any atom is 0.253 e. The first kappa shape index (κ1) is 16.9. The van der Waals surface area contributed by atoms with E-state index in [-0.39, 0.29) is 5.91 Å². The molecule has 0 aliphatic carbocycles. The second-order valence-electron chi connectivity index (χ2n) is 6.08. The molecule has 0 saturated heterocycles. The van der Waals surface area contributed by atoms with Crippen LogP contribution in [0, 0.1) is 0 Å². The van der Waals surface area contributed by atoms with Crippen LogP contribution in [-0.4, -0.2) is 14.1 Å². The molecule has 0 aliphatic heterocycles. The normalized spacial score (nSPS) is 10.9. The lowest BCUT2D eigenvalue weighted by atomic mass is 10.3. The fourth-order valence-corrected chi connectivity index (χ4v) is 7.12. The summed E-state index contributed by atoms with van der Waals surface area (Å²) >= 11 is 0. The van der Waals surface area contributed by atoms with Crippen LogP contribution < -0.4 is 20.5 Å². The standard InChI is InChI=1S/C22H21NOSi/c1-18(2)22(24)23-25(19-12-6-3-7-13-19,20-14-8-4-9-15-20)21-16-10-5-11-17-21/h3-17H,1H2,2H3,(H,23,24). The topological polar surface area (TPSA) is 29.1 Å². The van der Waals surface area contributed by atoms with Gasteiger partial charge in [-0.3, -0.25) is 4.79 Å². The number of nitrogens with one attached hydrogen (secondary N) is 1. The largest absolute Gasteiger partial charge is 0.367 e. The molecular weight excluding hydrogens is 322 g/mol. The lowest BCUT2D eigenvalue weighted by molar-refractivity contribution is -0.115. The van der Waals surface area contributed by atoms with Crippen LogP contribution in [0.5, 0.6) is 0 Å². The van der Waals surface area contributed by atoms with Gasteiger partial charge in [-0.1, -0.05) is 97.6 Å². The van der Waals surface area contributed by atoms with Crippen molar-refractivity contribution in [2.45, 2.75) is 6.92 Å². The molecule has 0 saturated carbocycles. The van der Waals surface area contributed by atoms with E-state index in [0.717, 1.165) is 15.6 Å². The average Bonchev–Trinajstić information content (AvgIpc) is 2.68. The summed E-state index contributed by atoms with van der Waals surface area (Å²) in [4.78, 5) is 16.1. The van der Waals surface area contributed by atoms with Gasteiger partial charge < -0.3 is 4.98 Å². The third-order valence-electron chi connectivity index (χ3n) is 4.31. The monoisotopic (exact) mass is 343 g/mol. The van der Waals surface area contributed by atoms with Gasteiger partial charge in [0.2, 0.25) is 5.91 Å². The van der Waals surface area contributed by atoms with E-state index in [9.17, 15) is 4.79 Å². The lowest BCUT2D eigenvalue weighted by Gasteiger charge is -2.34. The second-order valence-corrected chi connectivity index (χ2v) is 9.56. The van der Waals surface area contributed by atoms with Gasteiger partial charge in [-0.15, -0.1) is 0 Å². The van der Waals surface area contributed by atoms with E-state index in [1.807, 2.05) is 54.6 Å². The molecule has 0 aromatic heterocycles. The van der Waals surface area contributed by atoms with Gasteiger partial charge in [-0.25, -0.2) is 0 Å². The van der Waals surface area contributed by atoms with Crippen molar-refractivity contribution in [3.05, 3.63) is 103 Å². The number of carbonyl (C=O) groups excluding carboxylic acids is 1. The van der Waals surface area contributed by atoms with E-state index >= 15 is 0 Å². The zero-order valence-electron chi connectivity index (χ0n) is 14.3. The summed E-state index contributed by atoms with van der Waals surface area (Å²) in [5.74, 6) is -0.108. The van der Waals surface area contributed by atoms with Gasteiger partial charge >= 0.3 is 0 Å². The molecule has 0 atom stereocenters. The minimum absolute atomic E-state index is 0.108. The van der Waals surface area contributed by atoms with Gasteiger partial charge in [0.1, 0.15) is 0 Å². The Hall–Kier alpha value is -2.91. The van der Waals surface area contributed by atoms with Gasteiger partial charge in [0.05, 0.1) is 0 Å². The Kier molecular flexibility index (Phi) is 4.96. The van der Waals surface area contributed by atoms with E-state index in [4.69, 9.17) is 0 Å². The Bertz CT molecular complexity index is 764. The van der Waals surface area contributed by atoms with Crippen LogP contribution in [0.4, 0.5) is 0 Å². The number of benzene rings is 3. The number of amides is 1. The van der Waals surface area contributed by atoms with Gasteiger partial charge in [-0.2, -0.15) is 0 Å². The molecule has 124 valence electrons. The van der Waals surface area contributed by atoms with Crippen molar-refractivity contribution >= 4 is 29.7 Å². The van der Waals surface area contributed by atoms with E-state index in [0.29, 0.717) is 5.57 Å². The van der Waals surface area contributed by atoms with Crippen LogP contribution in [0.2, 0.25) is 0 Å². The summed E-state index contributed by atoms with van der Waals surface area (Å²) < 4.78 is 0. The molecule has 0 heterocycles. The molecule has 0 fully saturated rings. The van der Waals surface area contributed by atoms with Crippen molar-refractivity contribution < 1.29 is 4.79 Å². The Morgan fingerprint density at radius 2 is 1.04 bits per heavy atom. The minimum Gasteiger partial charge on any atom is -0.367 e. The zero-order chi connectivity index (χ0) is 17.7. The number of rotatable bonds is 5. The Morgan fingerprint density at radius 3 is 1.32 bits per heavy atom. The van der Waals surface area contributed by atoms with Crippen LogP contribution in [0.3, 0.4) is 0 Å². The third kappa shape index (κ3) is 3.32. The molecule has 2 nitrogen and oxygen atoms in total. The highest BCUT2D eigenvalue weighted by atomic mass is 28.3. The van der Waals surface area contributed by atoms with Crippen LogP contribution in [-0.2, 0) is 4.79 Å². The molecular formula is C22H21NOSi. The van der Waals surface area contributed by atoms with Crippen molar-refractivity contribution in [1.29, 1.82) is 0 Å². The molecule has 25 heavy (non-hydrogen) atoms. The minimum atomic E-state index is -2.71. The van der Waals surface area contributed by atoms with Crippen molar-refractivity contribution in [3.63, 3.8) is 0 Å². The molecule has 3 aromatic carbocycles. The molecule has 0 radical (unpaired) electrons. The lowest BCUT2D eigenvalue weighted by Crippen LogP contribution is -2.77. The third-order valence-corrected chi connectivity index (χ3v) is 8.51. The molecule has 0 unspecified atom stereocenters. The van der Waals surface area contributed by atoms with Crippen LogP contribution in [0.15, 0.2) is 103 Å². The predicted octanol–water partition coefficient (Wildman–Crippen LogP) is 2.35. The van der Waals surface area contributed by atoms with E-state index in [1.54, 1.807) is 6.92 Å². The predicted molar refractivity (Wildman–Crippen MR) is 107 cm³/mol. The molecule has 0 bridgehead atoms. The van der Waals surface area contributed by atoms with E-state index in [1.165, 1.54) is 0 Å². The highest BCUT2D eigenvalue weighted by Gasteiger charge is 2.41. The highest BCUT2D eigenvalue weighted by Crippen LogP contribution is 2.06. The first-order valence-corrected chi connectivity index (χ1v) is 10.3. The molecule has 1 amide bonds. The Balaban J connectivity index is 2.31. The Morgan fingerprint density at radius 1 is 0.720 bits per heavy atom. The number of carbonyl (C=O) groups is 1. The smallest absolute Gasteiger partial charge is 0.253 e. The SMILES string of the molecule is C=C(C)C(=O)N[Si](c1ccccc1)(c1ccccc1)c1ccccc1. The summed E-state index contributed by atoms with van der Waals surface area (Å²) in [7, 11) is -2.71. The molecule has 3 rings (SSSR count). The van der Waals surface area contributed by atoms with Gasteiger partial charge in [0, 0.05) is 5.57 Å². The van der Waals surface area contributed by atoms with Crippen LogP contribution in [0.25, 0.3) is 0 Å². The number of hydrogen-bond donors (Lipinski definition) is 1. The van der Waals surface area contributed by atoms with Crippen LogP contribution in [0.1, 0.15) is 6.92 Å². The van der Waals surface area contributed by atoms with Crippen molar-refractivity contribution in [3.8, 4) is 0 Å². The zero-order valence-corrected chi connectivity index (χ0v) is 15.3. The summed E-state index contributed by atoms with van der Waals surface area (Å²) in [6.45, 7) is 5.58. The van der Waals surface area contributed by atoms with Crippen molar-refractivity contribution in [2.24, 2.45) is 0 Å². The summed E-state index contributed by atoms with van der Waals surface area (Å²) in [6, 6.07) is 30.8. The first-order valence-electron chi connectivity index (χ1n) is 8.29. The fourth-order valence-electron chi connectivity index (χ4n) is 3.06. The highest BCUT2D eigenvalue weighted by molar-refractivity contribution is 7.11. The molecule has 3 heteroatoms. The van der Waals surface area contributed by atoms with Crippen molar-refractivity contribution in [2.75, 3.05) is 0 Å². The molecule has 1 N–H and O–H groups in total. The summed E-state index contributed by atoms with van der Waals surface area (Å²) in [6.07, 6.45) is 0. The molecule has 0 spiro atoms. The van der Waals surface area contributed by atoms with Gasteiger partial charge in [0.25, 0.3) is 8.24 Å². The van der Waals surface area contributed by atoms with Gasteiger partial charge in [0.15, 0.2) is 0 Å². The van der Waals surface area contributed by atoms with Crippen LogP contribution >= 0.6 is 0 Å². The van der Waals surface area contributed by atoms with Crippen molar-refractivity contribution in [1.82, 2.24) is 4.98 Å².